The van der Waals surface area contributed by atoms with E-state index in [-0.39, 0.29) is 40.0 Å². The number of halogens is 2. The summed E-state index contributed by atoms with van der Waals surface area (Å²) < 4.78 is 24.4. The van der Waals surface area contributed by atoms with Gasteiger partial charge < -0.3 is 14.6 Å². The molecule has 4 amide bonds. The second kappa shape index (κ2) is 10.5. The molecule has 0 aliphatic carbocycles. The van der Waals surface area contributed by atoms with Crippen LogP contribution < -0.4 is 19.7 Å². The van der Waals surface area contributed by atoms with Crippen LogP contribution >= 0.6 is 11.6 Å². The van der Waals surface area contributed by atoms with Gasteiger partial charge >= 0.3 is 12.0 Å². The first-order chi connectivity index (χ1) is 17.7. The van der Waals surface area contributed by atoms with E-state index in [1.807, 2.05) is 0 Å². The first kappa shape index (κ1) is 25.4. The average molecular weight is 525 g/mol. The number of methoxy groups -OCH3 is 1. The van der Waals surface area contributed by atoms with E-state index in [0.717, 1.165) is 12.1 Å². The minimum atomic E-state index is -1.07. The maximum absolute atomic E-state index is 13.3. The van der Waals surface area contributed by atoms with Crippen LogP contribution in [0.3, 0.4) is 0 Å². The number of carbonyl (C=O) groups excluding carboxylic acids is 3. The summed E-state index contributed by atoms with van der Waals surface area (Å²) in [7, 11) is 1.37. The van der Waals surface area contributed by atoms with Gasteiger partial charge in [-0.3, -0.25) is 14.9 Å². The van der Waals surface area contributed by atoms with E-state index in [4.69, 9.17) is 26.2 Å². The molecule has 1 heterocycles. The number of anilines is 1. The zero-order valence-electron chi connectivity index (χ0n) is 19.2. The number of aromatic carboxylic acids is 1. The number of imide groups is 2. The van der Waals surface area contributed by atoms with E-state index in [2.05, 4.69) is 5.32 Å². The molecule has 1 aliphatic heterocycles. The topological polar surface area (TPSA) is 122 Å². The second-order valence-electron chi connectivity index (χ2n) is 7.76. The zero-order chi connectivity index (χ0) is 26.7. The number of amides is 4. The van der Waals surface area contributed by atoms with Crippen LogP contribution in [0.1, 0.15) is 21.5 Å². The predicted octanol–water partition coefficient (Wildman–Crippen LogP) is 4.43. The van der Waals surface area contributed by atoms with E-state index >= 15 is 0 Å². The molecule has 4 rings (SSSR count). The minimum Gasteiger partial charge on any atom is -0.493 e. The number of carboxylic acid groups (broad SMARTS) is 1. The molecule has 0 atom stereocenters. The lowest BCUT2D eigenvalue weighted by Gasteiger charge is -2.26. The van der Waals surface area contributed by atoms with Gasteiger partial charge in [-0.2, -0.15) is 0 Å². The van der Waals surface area contributed by atoms with Gasteiger partial charge in [0.25, 0.3) is 11.8 Å². The van der Waals surface area contributed by atoms with Crippen LogP contribution in [0.2, 0.25) is 5.02 Å². The van der Waals surface area contributed by atoms with Crippen LogP contribution in [0.25, 0.3) is 6.08 Å². The Kier molecular flexibility index (Phi) is 7.21. The summed E-state index contributed by atoms with van der Waals surface area (Å²) in [6.07, 6.45) is 1.23. The Morgan fingerprint density at radius 2 is 1.84 bits per heavy atom. The quantitative estimate of drug-likeness (QED) is 0.346. The molecule has 3 aromatic rings. The molecule has 1 aliphatic rings. The van der Waals surface area contributed by atoms with E-state index in [1.54, 1.807) is 12.1 Å². The van der Waals surface area contributed by atoms with Crippen LogP contribution in [0.4, 0.5) is 14.9 Å². The molecule has 1 fully saturated rings. The van der Waals surface area contributed by atoms with Crippen LogP contribution in [-0.2, 0) is 16.2 Å². The van der Waals surface area contributed by atoms with Crippen molar-refractivity contribution in [3.63, 3.8) is 0 Å². The summed E-state index contributed by atoms with van der Waals surface area (Å²) in [5.41, 5.74) is 0.702. The van der Waals surface area contributed by atoms with E-state index in [0.29, 0.717) is 16.0 Å². The number of carbonyl (C=O) groups is 4. The molecular formula is C26H18ClFN2O7. The number of hydrogen-bond donors (Lipinski definition) is 2. The molecule has 1 saturated heterocycles. The van der Waals surface area contributed by atoms with Crippen molar-refractivity contribution in [1.29, 1.82) is 0 Å². The zero-order valence-corrected chi connectivity index (χ0v) is 19.9. The molecule has 0 spiro atoms. The first-order valence-electron chi connectivity index (χ1n) is 10.7. The highest BCUT2D eigenvalue weighted by Gasteiger charge is 2.36. The summed E-state index contributed by atoms with van der Waals surface area (Å²) in [6, 6.07) is 12.8. The fourth-order valence-corrected chi connectivity index (χ4v) is 3.84. The van der Waals surface area contributed by atoms with Crippen molar-refractivity contribution in [2.75, 3.05) is 12.0 Å². The first-order valence-corrected chi connectivity index (χ1v) is 11.1. The van der Waals surface area contributed by atoms with Crippen molar-refractivity contribution in [2.45, 2.75) is 6.61 Å². The number of rotatable bonds is 7. The van der Waals surface area contributed by atoms with Crippen molar-refractivity contribution in [3.05, 3.63) is 93.8 Å². The molecule has 9 nitrogen and oxygen atoms in total. The molecule has 0 radical (unpaired) electrons. The molecule has 2 N–H and O–H groups in total. The highest BCUT2D eigenvalue weighted by molar-refractivity contribution is 6.39. The number of nitrogens with one attached hydrogen (secondary N) is 1. The third-order valence-corrected chi connectivity index (χ3v) is 5.59. The third-order valence-electron chi connectivity index (χ3n) is 5.31. The molecular weight excluding hydrogens is 507 g/mol. The lowest BCUT2D eigenvalue weighted by molar-refractivity contribution is -0.122. The Bertz CT molecular complexity index is 1450. The van der Waals surface area contributed by atoms with Gasteiger partial charge in [0.05, 0.1) is 23.4 Å². The summed E-state index contributed by atoms with van der Waals surface area (Å²) >= 11 is 6.40. The number of barbiturate groups is 1. The fraction of sp³-hybridized carbons (Fsp3) is 0.0769. The third kappa shape index (κ3) is 5.44. The summed E-state index contributed by atoms with van der Waals surface area (Å²) in [4.78, 5) is 49.7. The minimum absolute atomic E-state index is 0.00668. The van der Waals surface area contributed by atoms with Crippen molar-refractivity contribution >= 4 is 47.2 Å². The van der Waals surface area contributed by atoms with Crippen molar-refractivity contribution in [2.24, 2.45) is 0 Å². The standard InChI is InChI=1S/C26H18ClFN2O7/c1-36-21-12-15(11-20(27)22(21)37-13-14-3-2-4-16(9-14)25(33)34)10-19-23(31)29-26(35)30(24(19)32)18-7-5-17(28)6-8-18/h2-12H,13H2,1H3,(H,33,34)(H,29,31,35)/b19-10+. The van der Waals surface area contributed by atoms with Gasteiger partial charge in [0, 0.05) is 0 Å². The number of benzene rings is 3. The number of nitrogens with zero attached hydrogens (tertiary/aromatic N) is 1. The van der Waals surface area contributed by atoms with Gasteiger partial charge in [-0.1, -0.05) is 23.7 Å². The van der Waals surface area contributed by atoms with Gasteiger partial charge in [0.1, 0.15) is 18.0 Å². The molecule has 37 heavy (non-hydrogen) atoms. The molecule has 3 aromatic carbocycles. The van der Waals surface area contributed by atoms with Gasteiger partial charge in [-0.25, -0.2) is 18.9 Å². The average Bonchev–Trinajstić information content (AvgIpc) is 2.86. The maximum atomic E-state index is 13.3. The second-order valence-corrected chi connectivity index (χ2v) is 8.17. The number of ether oxygens (including phenoxy) is 2. The predicted molar refractivity (Wildman–Crippen MR) is 131 cm³/mol. The van der Waals surface area contributed by atoms with Crippen molar-refractivity contribution in [1.82, 2.24) is 5.32 Å². The van der Waals surface area contributed by atoms with Crippen molar-refractivity contribution < 1.29 is 38.1 Å². The summed E-state index contributed by atoms with van der Waals surface area (Å²) in [5, 5.41) is 11.3. The van der Waals surface area contributed by atoms with Crippen LogP contribution in [-0.4, -0.2) is 36.0 Å². The summed E-state index contributed by atoms with van der Waals surface area (Å²) in [5.74, 6) is -3.11. The van der Waals surface area contributed by atoms with Gasteiger partial charge in [0.15, 0.2) is 11.5 Å². The Labute approximate surface area is 214 Å². The molecule has 0 aromatic heterocycles. The maximum Gasteiger partial charge on any atom is 0.335 e. The Morgan fingerprint density at radius 3 is 2.51 bits per heavy atom. The highest BCUT2D eigenvalue weighted by atomic mass is 35.5. The Morgan fingerprint density at radius 1 is 1.11 bits per heavy atom. The van der Waals surface area contributed by atoms with Crippen molar-refractivity contribution in [3.8, 4) is 11.5 Å². The van der Waals surface area contributed by atoms with Gasteiger partial charge in [0.2, 0.25) is 0 Å². The van der Waals surface area contributed by atoms with Crippen LogP contribution in [0.15, 0.2) is 66.2 Å². The largest absolute Gasteiger partial charge is 0.493 e. The Hall–Kier alpha value is -4.70. The van der Waals surface area contributed by atoms with Gasteiger partial charge in [-0.15, -0.1) is 0 Å². The lowest BCUT2D eigenvalue weighted by Crippen LogP contribution is -2.54. The number of carboxylic acids is 1. The summed E-state index contributed by atoms with van der Waals surface area (Å²) in [6.45, 7) is -0.00668. The van der Waals surface area contributed by atoms with Crippen LogP contribution in [0.5, 0.6) is 11.5 Å². The van der Waals surface area contributed by atoms with E-state index in [1.165, 1.54) is 49.6 Å². The monoisotopic (exact) mass is 524 g/mol. The van der Waals surface area contributed by atoms with Crippen LogP contribution in [0, 0.1) is 5.82 Å². The molecule has 11 heteroatoms. The smallest absolute Gasteiger partial charge is 0.335 e. The molecule has 0 bridgehead atoms. The highest BCUT2D eigenvalue weighted by Crippen LogP contribution is 2.38. The normalized spacial score (nSPS) is 14.5. The van der Waals surface area contributed by atoms with Gasteiger partial charge in [-0.05, 0) is 65.7 Å². The molecule has 0 unspecified atom stereocenters. The number of urea groups is 1. The lowest BCUT2D eigenvalue weighted by atomic mass is 10.1. The Balaban J connectivity index is 1.62. The fourth-order valence-electron chi connectivity index (χ4n) is 3.56. The van der Waals surface area contributed by atoms with E-state index < -0.39 is 29.6 Å². The molecule has 188 valence electrons. The molecule has 0 saturated carbocycles. The SMILES string of the molecule is COc1cc(/C=C2\C(=O)NC(=O)N(c3ccc(F)cc3)C2=O)cc(Cl)c1OCc1cccc(C(=O)O)c1. The number of hydrogen-bond acceptors (Lipinski definition) is 6. The van der Waals surface area contributed by atoms with E-state index in [9.17, 15) is 23.6 Å².